The van der Waals surface area contributed by atoms with E-state index >= 15 is 0 Å². The number of aryl methyl sites for hydroxylation is 3. The van der Waals surface area contributed by atoms with Crippen LogP contribution < -0.4 is 20.3 Å². The van der Waals surface area contributed by atoms with Crippen LogP contribution in [0.4, 0.5) is 5.69 Å². The van der Waals surface area contributed by atoms with Gasteiger partial charge in [0.05, 0.1) is 36.9 Å². The third-order valence-corrected chi connectivity index (χ3v) is 4.97. The molecule has 0 amide bonds. The molecule has 0 aliphatic heterocycles. The molecule has 0 spiro atoms. The number of hydrogen-bond donors (Lipinski definition) is 1. The number of rotatable bonds is 8. The Balaban J connectivity index is 1.43. The molecule has 9 nitrogen and oxygen atoms in total. The molecule has 1 aliphatic rings. The summed E-state index contributed by atoms with van der Waals surface area (Å²) in [5.41, 5.74) is 5.40. The van der Waals surface area contributed by atoms with E-state index in [1.54, 1.807) is 31.1 Å². The predicted molar refractivity (Wildman–Crippen MR) is 113 cm³/mol. The highest BCUT2D eigenvalue weighted by molar-refractivity contribution is 5.81. The Hall–Kier alpha value is -3.62. The summed E-state index contributed by atoms with van der Waals surface area (Å²) < 4.78 is 14.1. The first-order chi connectivity index (χ1) is 14.4. The van der Waals surface area contributed by atoms with Gasteiger partial charge >= 0.3 is 0 Å². The molecule has 3 aromatic heterocycles. The highest BCUT2D eigenvalue weighted by Crippen LogP contribution is 2.39. The highest BCUT2D eigenvalue weighted by Gasteiger charge is 2.25. The third kappa shape index (κ3) is 4.19. The number of anilines is 1. The van der Waals surface area contributed by atoms with Gasteiger partial charge < -0.3 is 14.8 Å². The lowest BCUT2D eigenvalue weighted by atomic mass is 10.3. The van der Waals surface area contributed by atoms with Crippen LogP contribution in [0.5, 0.6) is 11.6 Å². The summed E-state index contributed by atoms with van der Waals surface area (Å²) in [6.07, 6.45) is 2.56. The Labute approximate surface area is 174 Å². The second-order valence-electron chi connectivity index (χ2n) is 7.21. The van der Waals surface area contributed by atoms with Crippen LogP contribution in [0.25, 0.3) is 5.57 Å². The Bertz CT molecular complexity index is 1160. The first kappa shape index (κ1) is 19.7. The number of hydrogen-bond acceptors (Lipinski definition) is 7. The van der Waals surface area contributed by atoms with Crippen molar-refractivity contribution in [3.8, 4) is 11.6 Å². The van der Waals surface area contributed by atoms with Gasteiger partial charge in [-0.2, -0.15) is 5.10 Å². The van der Waals surface area contributed by atoms with E-state index in [2.05, 4.69) is 20.5 Å². The smallest absolute Gasteiger partial charge is 0.290 e. The Kier molecular flexibility index (Phi) is 5.26. The number of allylic oxidation sites excluding steroid dienone is 1. The molecule has 1 N–H and O–H groups in total. The normalized spacial score (nSPS) is 12.8. The monoisotopic (exact) mass is 408 g/mol. The van der Waals surface area contributed by atoms with Crippen molar-refractivity contribution in [2.45, 2.75) is 19.9 Å². The van der Waals surface area contributed by atoms with Crippen molar-refractivity contribution < 1.29 is 9.47 Å². The second kappa shape index (κ2) is 8.02. The molecule has 3 aromatic rings. The van der Waals surface area contributed by atoms with Gasteiger partial charge in [0.1, 0.15) is 18.0 Å². The first-order valence-electron chi connectivity index (χ1n) is 9.60. The van der Waals surface area contributed by atoms with E-state index in [1.165, 1.54) is 15.8 Å². The van der Waals surface area contributed by atoms with Crippen LogP contribution >= 0.6 is 0 Å². The molecule has 0 aromatic carbocycles. The van der Waals surface area contributed by atoms with E-state index in [4.69, 9.17) is 9.47 Å². The summed E-state index contributed by atoms with van der Waals surface area (Å²) in [5.74, 6) is 1.12. The summed E-state index contributed by atoms with van der Waals surface area (Å²) in [6, 6.07) is 7.44. The summed E-state index contributed by atoms with van der Waals surface area (Å²) in [7, 11) is 5.10. The summed E-state index contributed by atoms with van der Waals surface area (Å²) >= 11 is 0. The second-order valence-corrected chi connectivity index (χ2v) is 7.21. The molecule has 4 rings (SSSR count). The van der Waals surface area contributed by atoms with Crippen LogP contribution in [-0.2, 0) is 20.6 Å². The quantitative estimate of drug-likeness (QED) is 0.610. The molecule has 0 radical (unpaired) electrons. The van der Waals surface area contributed by atoms with Gasteiger partial charge in [-0.15, -0.1) is 5.10 Å². The molecule has 156 valence electrons. The molecule has 0 saturated heterocycles. The standard InChI is InChI=1S/C21H24N6O3/c1-13-7-15(26(2)24-13)10-22-19-9-20(25-27(3)21(19)28)30-12-14-8-17(14)18-6-5-16(29-4)11-23-18/h5-7,9,11,22H,8,10,12H2,1-4H3. The van der Waals surface area contributed by atoms with Crippen molar-refractivity contribution in [2.24, 2.45) is 14.1 Å². The number of aromatic nitrogens is 5. The fourth-order valence-corrected chi connectivity index (χ4v) is 3.21. The summed E-state index contributed by atoms with van der Waals surface area (Å²) in [6.45, 7) is 2.83. The van der Waals surface area contributed by atoms with Crippen molar-refractivity contribution in [3.05, 3.63) is 63.5 Å². The predicted octanol–water partition coefficient (Wildman–Crippen LogP) is 2.07. The van der Waals surface area contributed by atoms with Gasteiger partial charge in [-0.25, -0.2) is 4.68 Å². The van der Waals surface area contributed by atoms with Crippen LogP contribution in [0, 0.1) is 6.92 Å². The molecule has 0 atom stereocenters. The maximum atomic E-state index is 12.4. The number of methoxy groups -OCH3 is 1. The van der Waals surface area contributed by atoms with Gasteiger partial charge in [-0.05, 0) is 42.7 Å². The SMILES string of the molecule is COc1ccc(C2=C(COc3cc(NCc4cc(C)nn4C)c(=O)n(C)n3)C2)nc1. The van der Waals surface area contributed by atoms with Crippen LogP contribution in [-0.4, -0.2) is 38.3 Å². The maximum absolute atomic E-state index is 12.4. The third-order valence-electron chi connectivity index (χ3n) is 4.97. The molecule has 3 heterocycles. The summed E-state index contributed by atoms with van der Waals surface area (Å²) in [5, 5.41) is 11.7. The van der Waals surface area contributed by atoms with Crippen LogP contribution in [0.2, 0.25) is 0 Å². The van der Waals surface area contributed by atoms with Crippen molar-refractivity contribution in [1.29, 1.82) is 0 Å². The van der Waals surface area contributed by atoms with Gasteiger partial charge in [-0.1, -0.05) is 0 Å². The summed E-state index contributed by atoms with van der Waals surface area (Å²) in [4.78, 5) is 16.8. The van der Waals surface area contributed by atoms with E-state index < -0.39 is 0 Å². The lowest BCUT2D eigenvalue weighted by Gasteiger charge is -2.10. The van der Waals surface area contributed by atoms with Gasteiger partial charge in [0, 0.05) is 20.2 Å². The lowest BCUT2D eigenvalue weighted by Crippen LogP contribution is -2.24. The molecule has 1 aliphatic carbocycles. The first-order valence-corrected chi connectivity index (χ1v) is 9.60. The fourth-order valence-electron chi connectivity index (χ4n) is 3.21. The maximum Gasteiger partial charge on any atom is 0.290 e. The molecule has 0 bridgehead atoms. The minimum atomic E-state index is -0.213. The minimum absolute atomic E-state index is 0.213. The number of ether oxygens (including phenoxy) is 2. The van der Waals surface area contributed by atoms with Crippen molar-refractivity contribution in [1.82, 2.24) is 24.5 Å². The Morgan fingerprint density at radius 1 is 1.17 bits per heavy atom. The van der Waals surface area contributed by atoms with Gasteiger partial charge in [0.25, 0.3) is 5.56 Å². The zero-order valence-corrected chi connectivity index (χ0v) is 17.5. The largest absolute Gasteiger partial charge is 0.495 e. The number of nitrogens with zero attached hydrogens (tertiary/aromatic N) is 5. The van der Waals surface area contributed by atoms with Gasteiger partial charge in [0.15, 0.2) is 0 Å². The number of pyridine rings is 1. The zero-order chi connectivity index (χ0) is 21.3. The number of nitrogens with one attached hydrogen (secondary N) is 1. The average molecular weight is 408 g/mol. The Morgan fingerprint density at radius 2 is 2.00 bits per heavy atom. The Morgan fingerprint density at radius 3 is 2.67 bits per heavy atom. The molecule has 0 fully saturated rings. The van der Waals surface area contributed by atoms with Gasteiger partial charge in [0.2, 0.25) is 5.88 Å². The van der Waals surface area contributed by atoms with Crippen molar-refractivity contribution in [2.75, 3.05) is 19.0 Å². The van der Waals surface area contributed by atoms with E-state index in [1.807, 2.05) is 32.2 Å². The molecular weight excluding hydrogens is 384 g/mol. The molecule has 30 heavy (non-hydrogen) atoms. The topological polar surface area (TPSA) is 96.1 Å². The van der Waals surface area contributed by atoms with Crippen LogP contribution in [0.1, 0.15) is 23.5 Å². The zero-order valence-electron chi connectivity index (χ0n) is 17.5. The molecule has 9 heteroatoms. The molecule has 0 saturated carbocycles. The van der Waals surface area contributed by atoms with Crippen molar-refractivity contribution >= 4 is 11.3 Å². The molecule has 0 unspecified atom stereocenters. The molecular formula is C21H24N6O3. The highest BCUT2D eigenvalue weighted by atomic mass is 16.5. The van der Waals surface area contributed by atoms with Crippen LogP contribution in [0.3, 0.4) is 0 Å². The van der Waals surface area contributed by atoms with Gasteiger partial charge in [-0.3, -0.25) is 14.5 Å². The minimum Gasteiger partial charge on any atom is -0.495 e. The van der Waals surface area contributed by atoms with Crippen molar-refractivity contribution in [3.63, 3.8) is 0 Å². The van der Waals surface area contributed by atoms with Crippen LogP contribution in [0.15, 0.2) is 40.8 Å². The van der Waals surface area contributed by atoms with E-state index in [-0.39, 0.29) is 5.56 Å². The van der Waals surface area contributed by atoms with E-state index in [0.29, 0.717) is 24.7 Å². The van der Waals surface area contributed by atoms with E-state index in [9.17, 15) is 4.79 Å². The van der Waals surface area contributed by atoms with E-state index in [0.717, 1.165) is 29.3 Å². The average Bonchev–Trinajstić information content (AvgIpc) is 3.44. The lowest BCUT2D eigenvalue weighted by molar-refractivity contribution is 0.331. The fraction of sp³-hybridized carbons (Fsp3) is 0.333.